The largest absolute Gasteiger partial charge is 0.497 e. The number of amides is 1. The minimum Gasteiger partial charge on any atom is -0.497 e. The Labute approximate surface area is 192 Å². The maximum atomic E-state index is 14.6. The van der Waals surface area contributed by atoms with Crippen LogP contribution in [-0.4, -0.2) is 43.7 Å². The Morgan fingerprint density at radius 3 is 2.61 bits per heavy atom. The number of hydrogen-bond acceptors (Lipinski definition) is 9. The molecule has 170 valence electrons. The van der Waals surface area contributed by atoms with Crippen molar-refractivity contribution in [2.45, 2.75) is 18.7 Å². The molecule has 0 saturated carbocycles. The van der Waals surface area contributed by atoms with Crippen molar-refractivity contribution in [3.05, 3.63) is 66.0 Å². The van der Waals surface area contributed by atoms with Gasteiger partial charge in [0, 0.05) is 0 Å². The van der Waals surface area contributed by atoms with Crippen LogP contribution in [0.5, 0.6) is 11.5 Å². The molecular weight excluding hydrogens is 451 g/mol. The topological polar surface area (TPSA) is 117 Å². The van der Waals surface area contributed by atoms with E-state index in [-0.39, 0.29) is 30.0 Å². The lowest BCUT2D eigenvalue weighted by molar-refractivity contribution is -0.114. The van der Waals surface area contributed by atoms with Gasteiger partial charge in [-0.05, 0) is 43.3 Å². The second-order valence-electron chi connectivity index (χ2n) is 6.63. The molecule has 2 aromatic heterocycles. The van der Waals surface area contributed by atoms with Crippen LogP contribution in [0.2, 0.25) is 0 Å². The number of nitrogens with zero attached hydrogens (tertiary/aromatic N) is 5. The van der Waals surface area contributed by atoms with Crippen molar-refractivity contribution in [2.24, 2.45) is 0 Å². The summed E-state index contributed by atoms with van der Waals surface area (Å²) in [5.41, 5.74) is 0.242. The number of aromatic nitrogens is 5. The smallest absolute Gasteiger partial charge is 0.328 e. The summed E-state index contributed by atoms with van der Waals surface area (Å²) in [7, 11) is 1.58. The first-order chi connectivity index (χ1) is 16.0. The molecule has 0 saturated heterocycles. The maximum absolute atomic E-state index is 14.6. The molecule has 1 amide bonds. The van der Waals surface area contributed by atoms with Crippen LogP contribution in [0.3, 0.4) is 0 Å². The zero-order valence-corrected chi connectivity index (χ0v) is 18.5. The predicted octanol–water partition coefficient (Wildman–Crippen LogP) is 3.42. The first-order valence-electron chi connectivity index (χ1n) is 9.72. The molecule has 0 unspecified atom stereocenters. The monoisotopic (exact) mass is 470 g/mol. The Balaban J connectivity index is 1.52. The normalized spacial score (nSPS) is 10.8. The van der Waals surface area contributed by atoms with Gasteiger partial charge in [-0.1, -0.05) is 29.1 Å². The van der Waals surface area contributed by atoms with E-state index in [1.807, 2.05) is 0 Å². The number of methoxy groups -OCH3 is 1. The van der Waals surface area contributed by atoms with E-state index in [1.54, 1.807) is 56.5 Å². The standard InChI is InChI=1S/C21H19FN6O4S/c1-13-23-20(32-27-13)24-19(29)12-33-21-26-25-18(28(21)17-6-4-3-5-16(17)22)11-31-15-9-7-14(30-2)8-10-15/h3-10H,11-12H2,1-2H3,(H,23,24,27,29). The molecule has 33 heavy (non-hydrogen) atoms. The number of nitrogens with one attached hydrogen (secondary N) is 1. The van der Waals surface area contributed by atoms with Gasteiger partial charge in [0.2, 0.25) is 5.91 Å². The molecule has 12 heteroatoms. The number of carbonyl (C=O) groups is 1. The van der Waals surface area contributed by atoms with Crippen molar-refractivity contribution in [3.8, 4) is 17.2 Å². The van der Waals surface area contributed by atoms with Crippen LogP contribution < -0.4 is 14.8 Å². The third kappa shape index (κ3) is 5.47. The molecule has 10 nitrogen and oxygen atoms in total. The number of para-hydroxylation sites is 1. The number of hydrogen-bond donors (Lipinski definition) is 1. The van der Waals surface area contributed by atoms with Gasteiger partial charge in [-0.25, -0.2) is 4.39 Å². The third-order valence-corrected chi connectivity index (χ3v) is 5.26. The highest BCUT2D eigenvalue weighted by atomic mass is 32.2. The molecule has 0 aliphatic carbocycles. The zero-order chi connectivity index (χ0) is 23.2. The Kier molecular flexibility index (Phi) is 6.83. The van der Waals surface area contributed by atoms with Crippen molar-refractivity contribution >= 4 is 23.7 Å². The number of rotatable bonds is 9. The SMILES string of the molecule is COc1ccc(OCc2nnc(SCC(=O)Nc3nc(C)no3)n2-c2ccccc2F)cc1. The molecular formula is C21H19FN6O4S. The van der Waals surface area contributed by atoms with Gasteiger partial charge >= 0.3 is 6.01 Å². The van der Waals surface area contributed by atoms with E-state index in [9.17, 15) is 9.18 Å². The lowest BCUT2D eigenvalue weighted by Crippen LogP contribution is -2.15. The lowest BCUT2D eigenvalue weighted by atomic mass is 10.3. The molecule has 4 rings (SSSR count). The number of ether oxygens (including phenoxy) is 2. The van der Waals surface area contributed by atoms with E-state index in [2.05, 4.69) is 25.7 Å². The van der Waals surface area contributed by atoms with E-state index in [0.717, 1.165) is 11.8 Å². The quantitative estimate of drug-likeness (QED) is 0.367. The summed E-state index contributed by atoms with van der Waals surface area (Å²) in [4.78, 5) is 16.2. The van der Waals surface area contributed by atoms with Gasteiger partial charge in [0.15, 0.2) is 16.8 Å². The maximum Gasteiger partial charge on any atom is 0.328 e. The summed E-state index contributed by atoms with van der Waals surface area (Å²) >= 11 is 1.08. The van der Waals surface area contributed by atoms with E-state index < -0.39 is 5.82 Å². The molecule has 4 aromatic rings. The summed E-state index contributed by atoms with van der Waals surface area (Å²) in [6.45, 7) is 1.67. The molecule has 0 bridgehead atoms. The van der Waals surface area contributed by atoms with Crippen LogP contribution in [0.15, 0.2) is 58.2 Å². The van der Waals surface area contributed by atoms with Crippen LogP contribution >= 0.6 is 11.8 Å². The number of benzene rings is 2. The van der Waals surface area contributed by atoms with E-state index in [0.29, 0.717) is 28.3 Å². The van der Waals surface area contributed by atoms with E-state index >= 15 is 0 Å². The highest BCUT2D eigenvalue weighted by Gasteiger charge is 2.19. The Bertz CT molecular complexity index is 1240. The molecule has 0 fully saturated rings. The molecule has 1 N–H and O–H groups in total. The average Bonchev–Trinajstić information content (AvgIpc) is 3.42. The fraction of sp³-hybridized carbons (Fsp3) is 0.190. The van der Waals surface area contributed by atoms with Gasteiger partial charge in [-0.2, -0.15) is 4.98 Å². The van der Waals surface area contributed by atoms with Gasteiger partial charge in [0.1, 0.15) is 23.9 Å². The van der Waals surface area contributed by atoms with Crippen LogP contribution in [0, 0.1) is 12.7 Å². The molecule has 0 atom stereocenters. The summed E-state index contributed by atoms with van der Waals surface area (Å²) in [5.74, 6) is 1.17. The molecule has 0 aliphatic rings. The van der Waals surface area contributed by atoms with E-state index in [1.165, 1.54) is 10.6 Å². The fourth-order valence-electron chi connectivity index (χ4n) is 2.82. The molecule has 0 radical (unpaired) electrons. The van der Waals surface area contributed by atoms with Crippen molar-refractivity contribution < 1.29 is 23.2 Å². The zero-order valence-electron chi connectivity index (χ0n) is 17.7. The summed E-state index contributed by atoms with van der Waals surface area (Å²) in [5, 5.41) is 14.7. The van der Waals surface area contributed by atoms with Gasteiger partial charge in [0.25, 0.3) is 0 Å². The van der Waals surface area contributed by atoms with Crippen molar-refractivity contribution in [1.82, 2.24) is 24.9 Å². The summed E-state index contributed by atoms with van der Waals surface area (Å²) < 4.78 is 31.9. The summed E-state index contributed by atoms with van der Waals surface area (Å²) in [6.07, 6.45) is 0. The molecule has 2 heterocycles. The molecule has 0 aliphatic heterocycles. The van der Waals surface area contributed by atoms with Gasteiger partial charge in [-0.15, -0.1) is 10.2 Å². The first-order valence-corrected chi connectivity index (χ1v) is 10.7. The van der Waals surface area contributed by atoms with Crippen molar-refractivity contribution in [2.75, 3.05) is 18.2 Å². The minimum atomic E-state index is -0.462. The Morgan fingerprint density at radius 2 is 1.91 bits per heavy atom. The predicted molar refractivity (Wildman–Crippen MR) is 117 cm³/mol. The fourth-order valence-corrected chi connectivity index (χ4v) is 3.58. The first kappa shape index (κ1) is 22.3. The Hall–Kier alpha value is -3.93. The number of halogens is 1. The van der Waals surface area contributed by atoms with Gasteiger partial charge < -0.3 is 14.0 Å². The highest BCUT2D eigenvalue weighted by molar-refractivity contribution is 7.99. The van der Waals surface area contributed by atoms with Gasteiger partial charge in [-0.3, -0.25) is 14.7 Å². The lowest BCUT2D eigenvalue weighted by Gasteiger charge is -2.12. The third-order valence-electron chi connectivity index (χ3n) is 4.33. The van der Waals surface area contributed by atoms with Crippen LogP contribution in [0.4, 0.5) is 10.4 Å². The van der Waals surface area contributed by atoms with Crippen LogP contribution in [-0.2, 0) is 11.4 Å². The number of carbonyl (C=O) groups excluding carboxylic acids is 1. The second kappa shape index (κ2) is 10.1. The van der Waals surface area contributed by atoms with E-state index in [4.69, 9.17) is 14.0 Å². The number of aryl methyl sites for hydroxylation is 1. The molecule has 0 spiro atoms. The number of anilines is 1. The number of thioether (sulfide) groups is 1. The second-order valence-corrected chi connectivity index (χ2v) is 7.58. The van der Waals surface area contributed by atoms with Gasteiger partial charge in [0.05, 0.1) is 18.6 Å². The molecule has 2 aromatic carbocycles. The minimum absolute atomic E-state index is 0.00208. The summed E-state index contributed by atoms with van der Waals surface area (Å²) in [6, 6.07) is 13.3. The Morgan fingerprint density at radius 1 is 1.15 bits per heavy atom. The van der Waals surface area contributed by atoms with Crippen LogP contribution in [0.1, 0.15) is 11.6 Å². The average molecular weight is 470 g/mol. The van der Waals surface area contributed by atoms with Crippen molar-refractivity contribution in [1.29, 1.82) is 0 Å². The highest BCUT2D eigenvalue weighted by Crippen LogP contribution is 2.25. The van der Waals surface area contributed by atoms with Crippen molar-refractivity contribution in [3.63, 3.8) is 0 Å². The van der Waals surface area contributed by atoms with Crippen LogP contribution in [0.25, 0.3) is 5.69 Å².